The van der Waals surface area contributed by atoms with E-state index in [1.54, 1.807) is 11.3 Å². The van der Waals surface area contributed by atoms with Crippen LogP contribution >= 0.6 is 33.9 Å². The van der Waals surface area contributed by atoms with Gasteiger partial charge in [-0.25, -0.2) is 0 Å². The molecule has 1 aromatic carbocycles. The van der Waals surface area contributed by atoms with Gasteiger partial charge in [0.1, 0.15) is 0 Å². The van der Waals surface area contributed by atoms with Gasteiger partial charge in [0.25, 0.3) is 0 Å². The molecule has 0 bridgehead atoms. The number of aryl methyl sites for hydroxylation is 1. The van der Waals surface area contributed by atoms with Crippen molar-refractivity contribution in [2.24, 2.45) is 0 Å². The number of hydrogen-bond acceptors (Lipinski definition) is 2. The molecule has 0 unspecified atom stereocenters. The van der Waals surface area contributed by atoms with Crippen LogP contribution in [-0.4, -0.2) is 0 Å². The predicted octanol–water partition coefficient (Wildman–Crippen LogP) is 3.40. The second-order valence-electron chi connectivity index (χ2n) is 2.76. The Bertz CT molecular complexity index is 433. The Labute approximate surface area is 88.7 Å². The van der Waals surface area contributed by atoms with Gasteiger partial charge in [0.2, 0.25) is 0 Å². The number of halogens is 1. The van der Waals surface area contributed by atoms with E-state index >= 15 is 0 Å². The lowest BCUT2D eigenvalue weighted by atomic mass is 10.2. The average Bonchev–Trinajstić information content (AvgIpc) is 2.39. The number of fused-ring (bicyclic) bond motifs is 1. The van der Waals surface area contributed by atoms with Gasteiger partial charge in [-0.15, -0.1) is 11.3 Å². The van der Waals surface area contributed by atoms with E-state index in [1.165, 1.54) is 19.2 Å². The van der Waals surface area contributed by atoms with Crippen LogP contribution in [0.3, 0.4) is 0 Å². The molecule has 0 amide bonds. The molecule has 2 N–H and O–H groups in total. The Morgan fingerprint density at radius 3 is 2.92 bits per heavy atom. The lowest BCUT2D eigenvalue weighted by molar-refractivity contribution is 1.47. The Morgan fingerprint density at radius 1 is 1.42 bits per heavy atom. The summed E-state index contributed by atoms with van der Waals surface area (Å²) in [7, 11) is 0. The van der Waals surface area contributed by atoms with Crippen molar-refractivity contribution in [3.8, 4) is 0 Å². The van der Waals surface area contributed by atoms with Crippen LogP contribution in [0.4, 0.5) is 5.00 Å². The summed E-state index contributed by atoms with van der Waals surface area (Å²) >= 11 is 4.02. The third kappa shape index (κ3) is 1.21. The standard InChI is InChI=1S/C9H8INS/c1-5-2-3-7-6(9(5)10)4-8(11)12-7/h2-4H,11H2,1H3. The number of hydrogen-bond donors (Lipinski definition) is 1. The number of nitrogens with two attached hydrogens (primary N) is 1. The van der Waals surface area contributed by atoms with E-state index in [1.807, 2.05) is 0 Å². The first-order valence-electron chi connectivity index (χ1n) is 3.62. The van der Waals surface area contributed by atoms with E-state index in [0.29, 0.717) is 0 Å². The van der Waals surface area contributed by atoms with Crippen LogP contribution in [0.15, 0.2) is 18.2 Å². The van der Waals surface area contributed by atoms with Gasteiger partial charge in [-0.05, 0) is 47.2 Å². The first-order chi connectivity index (χ1) is 5.68. The summed E-state index contributed by atoms with van der Waals surface area (Å²) in [6, 6.07) is 6.32. The van der Waals surface area contributed by atoms with Crippen molar-refractivity contribution >= 4 is 49.0 Å². The van der Waals surface area contributed by atoms with E-state index in [4.69, 9.17) is 5.73 Å². The number of benzene rings is 1. The lowest BCUT2D eigenvalue weighted by Crippen LogP contribution is -1.78. The van der Waals surface area contributed by atoms with E-state index in [9.17, 15) is 0 Å². The maximum atomic E-state index is 5.72. The fraction of sp³-hybridized carbons (Fsp3) is 0.111. The molecule has 0 spiro atoms. The van der Waals surface area contributed by atoms with Crippen molar-refractivity contribution in [3.63, 3.8) is 0 Å². The summed E-state index contributed by atoms with van der Waals surface area (Å²) in [4.78, 5) is 0. The maximum absolute atomic E-state index is 5.72. The SMILES string of the molecule is Cc1ccc2sc(N)cc2c1I. The molecule has 62 valence electrons. The molecule has 0 aliphatic heterocycles. The van der Waals surface area contributed by atoms with Crippen LogP contribution < -0.4 is 5.73 Å². The third-order valence-electron chi connectivity index (χ3n) is 1.85. The molecular weight excluding hydrogens is 281 g/mol. The zero-order valence-corrected chi connectivity index (χ0v) is 9.57. The van der Waals surface area contributed by atoms with Gasteiger partial charge in [0, 0.05) is 13.7 Å². The van der Waals surface area contributed by atoms with Crippen LogP contribution in [0.5, 0.6) is 0 Å². The molecule has 1 nitrogen and oxygen atoms in total. The molecule has 0 aliphatic carbocycles. The van der Waals surface area contributed by atoms with Gasteiger partial charge < -0.3 is 5.73 Å². The number of thiophene rings is 1. The van der Waals surface area contributed by atoms with E-state index < -0.39 is 0 Å². The lowest BCUT2D eigenvalue weighted by Gasteiger charge is -1.97. The van der Waals surface area contributed by atoms with Crippen molar-refractivity contribution in [2.45, 2.75) is 6.92 Å². The minimum Gasteiger partial charge on any atom is -0.391 e. The predicted molar refractivity (Wildman–Crippen MR) is 63.7 cm³/mol. The second kappa shape index (κ2) is 2.88. The molecule has 0 fully saturated rings. The topological polar surface area (TPSA) is 26.0 Å². The molecular formula is C9H8INS. The smallest absolute Gasteiger partial charge is 0.0869 e. The van der Waals surface area contributed by atoms with Crippen molar-refractivity contribution in [1.29, 1.82) is 0 Å². The van der Waals surface area contributed by atoms with E-state index in [0.717, 1.165) is 5.00 Å². The van der Waals surface area contributed by atoms with Gasteiger partial charge in [0.15, 0.2) is 0 Å². The van der Waals surface area contributed by atoms with E-state index in [2.05, 4.69) is 47.7 Å². The van der Waals surface area contributed by atoms with Gasteiger partial charge in [-0.2, -0.15) is 0 Å². The third-order valence-corrected chi connectivity index (χ3v) is 4.21. The molecule has 1 heterocycles. The summed E-state index contributed by atoms with van der Waals surface area (Å²) in [5.74, 6) is 0. The number of anilines is 1. The molecule has 0 radical (unpaired) electrons. The average molecular weight is 289 g/mol. The van der Waals surface area contributed by atoms with Gasteiger partial charge in [0.05, 0.1) is 5.00 Å². The molecule has 2 rings (SSSR count). The summed E-state index contributed by atoms with van der Waals surface area (Å²) < 4.78 is 2.60. The van der Waals surface area contributed by atoms with Crippen molar-refractivity contribution in [1.82, 2.24) is 0 Å². The normalized spacial score (nSPS) is 10.8. The summed E-state index contributed by atoms with van der Waals surface area (Å²) in [5, 5.41) is 2.19. The van der Waals surface area contributed by atoms with Gasteiger partial charge in [-0.1, -0.05) is 6.07 Å². The molecule has 0 saturated heterocycles. The molecule has 2 aromatic rings. The zero-order chi connectivity index (χ0) is 8.72. The maximum Gasteiger partial charge on any atom is 0.0869 e. The van der Waals surface area contributed by atoms with Crippen molar-refractivity contribution < 1.29 is 0 Å². The highest BCUT2D eigenvalue weighted by atomic mass is 127. The Kier molecular flexibility index (Phi) is 2.00. The number of nitrogen functional groups attached to an aromatic ring is 1. The first kappa shape index (κ1) is 8.31. The van der Waals surface area contributed by atoms with Gasteiger partial charge >= 0.3 is 0 Å². The molecule has 12 heavy (non-hydrogen) atoms. The number of rotatable bonds is 0. The van der Waals surface area contributed by atoms with Crippen LogP contribution in [0.2, 0.25) is 0 Å². The van der Waals surface area contributed by atoms with Crippen LogP contribution in [-0.2, 0) is 0 Å². The quantitative estimate of drug-likeness (QED) is 0.739. The minimum atomic E-state index is 0.897. The summed E-state index contributed by atoms with van der Waals surface area (Å²) in [5.41, 5.74) is 7.04. The summed E-state index contributed by atoms with van der Waals surface area (Å²) in [6.07, 6.45) is 0. The van der Waals surface area contributed by atoms with Crippen molar-refractivity contribution in [3.05, 3.63) is 27.3 Å². The zero-order valence-electron chi connectivity index (χ0n) is 6.60. The monoisotopic (exact) mass is 289 g/mol. The molecule has 0 saturated carbocycles. The van der Waals surface area contributed by atoms with Crippen molar-refractivity contribution in [2.75, 3.05) is 5.73 Å². The highest BCUT2D eigenvalue weighted by Crippen LogP contribution is 2.32. The Balaban J connectivity index is 2.89. The fourth-order valence-electron chi connectivity index (χ4n) is 1.21. The van der Waals surface area contributed by atoms with Crippen LogP contribution in [0, 0.1) is 10.5 Å². The second-order valence-corrected chi connectivity index (χ2v) is 4.95. The van der Waals surface area contributed by atoms with E-state index in [-0.39, 0.29) is 0 Å². The molecule has 0 atom stereocenters. The van der Waals surface area contributed by atoms with Crippen LogP contribution in [0.1, 0.15) is 5.56 Å². The molecule has 1 aromatic heterocycles. The van der Waals surface area contributed by atoms with Gasteiger partial charge in [-0.3, -0.25) is 0 Å². The first-order valence-corrected chi connectivity index (χ1v) is 5.52. The van der Waals surface area contributed by atoms with Crippen LogP contribution in [0.25, 0.3) is 10.1 Å². The molecule has 3 heteroatoms. The Hall–Kier alpha value is -0.290. The highest BCUT2D eigenvalue weighted by molar-refractivity contribution is 14.1. The Morgan fingerprint density at radius 2 is 2.17 bits per heavy atom. The molecule has 0 aliphatic rings. The fourth-order valence-corrected chi connectivity index (χ4v) is 2.85. The minimum absolute atomic E-state index is 0.897. The summed E-state index contributed by atoms with van der Waals surface area (Å²) in [6.45, 7) is 2.12. The largest absolute Gasteiger partial charge is 0.391 e. The highest BCUT2D eigenvalue weighted by Gasteiger charge is 2.04.